The highest BCUT2D eigenvalue weighted by molar-refractivity contribution is 5.63. The molecule has 1 fully saturated rings. The van der Waals surface area contributed by atoms with Crippen LogP contribution in [-0.2, 0) is 4.74 Å². The Hall–Kier alpha value is -1.29. The van der Waals surface area contributed by atoms with Crippen LogP contribution in [0.3, 0.4) is 0 Å². The molecular formula is C13H21N3O. The van der Waals surface area contributed by atoms with Gasteiger partial charge in [-0.25, -0.2) is 4.98 Å². The number of nitrogens with zero attached hydrogens (tertiary/aromatic N) is 2. The normalized spacial score (nSPS) is 17.4. The average Bonchev–Trinajstić information content (AvgIpc) is 2.34. The molecule has 0 aromatic carbocycles. The second-order valence-electron chi connectivity index (χ2n) is 4.51. The highest BCUT2D eigenvalue weighted by atomic mass is 16.5. The Kier molecular flexibility index (Phi) is 3.84. The summed E-state index contributed by atoms with van der Waals surface area (Å²) in [6.45, 7) is 6.80. The summed E-state index contributed by atoms with van der Waals surface area (Å²) in [6, 6.07) is 3.89. The zero-order valence-electron chi connectivity index (χ0n) is 10.6. The SMILES string of the molecule is CCOC1CCN(c2nc(C)ccc2N)CC1. The first-order valence-electron chi connectivity index (χ1n) is 6.30. The molecule has 0 spiro atoms. The fourth-order valence-corrected chi connectivity index (χ4v) is 2.28. The van der Waals surface area contributed by atoms with Gasteiger partial charge in [0.05, 0.1) is 11.8 Å². The lowest BCUT2D eigenvalue weighted by atomic mass is 10.1. The van der Waals surface area contributed by atoms with Gasteiger partial charge in [0.15, 0.2) is 5.82 Å². The van der Waals surface area contributed by atoms with E-state index in [9.17, 15) is 0 Å². The molecule has 1 aromatic rings. The second-order valence-corrected chi connectivity index (χ2v) is 4.51. The molecule has 17 heavy (non-hydrogen) atoms. The number of hydrogen-bond donors (Lipinski definition) is 1. The van der Waals surface area contributed by atoms with Crippen molar-refractivity contribution in [2.75, 3.05) is 30.3 Å². The third-order valence-electron chi connectivity index (χ3n) is 3.19. The summed E-state index contributed by atoms with van der Waals surface area (Å²) in [5.74, 6) is 0.931. The number of nitrogens with two attached hydrogens (primary N) is 1. The van der Waals surface area contributed by atoms with E-state index in [1.165, 1.54) is 0 Å². The van der Waals surface area contributed by atoms with Crippen LogP contribution in [0, 0.1) is 6.92 Å². The standard InChI is InChI=1S/C13H21N3O/c1-3-17-11-6-8-16(9-7-11)13-12(14)5-4-10(2)15-13/h4-5,11H,3,6-9,14H2,1-2H3. The van der Waals surface area contributed by atoms with E-state index in [-0.39, 0.29) is 0 Å². The van der Waals surface area contributed by atoms with Gasteiger partial charge >= 0.3 is 0 Å². The van der Waals surface area contributed by atoms with Gasteiger partial charge in [-0.15, -0.1) is 0 Å². The molecule has 0 unspecified atom stereocenters. The van der Waals surface area contributed by atoms with Crippen molar-refractivity contribution < 1.29 is 4.74 Å². The van der Waals surface area contributed by atoms with Crippen LogP contribution in [0.2, 0.25) is 0 Å². The summed E-state index contributed by atoms with van der Waals surface area (Å²) in [5, 5.41) is 0. The van der Waals surface area contributed by atoms with Crippen LogP contribution in [0.4, 0.5) is 11.5 Å². The van der Waals surface area contributed by atoms with Crippen molar-refractivity contribution in [1.82, 2.24) is 4.98 Å². The fraction of sp³-hybridized carbons (Fsp3) is 0.615. The number of aromatic nitrogens is 1. The summed E-state index contributed by atoms with van der Waals surface area (Å²) in [7, 11) is 0. The summed E-state index contributed by atoms with van der Waals surface area (Å²) in [6.07, 6.45) is 2.52. The number of piperidine rings is 1. The first-order chi connectivity index (χ1) is 8.20. The lowest BCUT2D eigenvalue weighted by Crippen LogP contribution is -2.38. The van der Waals surface area contributed by atoms with E-state index in [0.717, 1.165) is 49.7 Å². The minimum Gasteiger partial charge on any atom is -0.396 e. The van der Waals surface area contributed by atoms with Crippen molar-refractivity contribution in [2.24, 2.45) is 0 Å². The lowest BCUT2D eigenvalue weighted by Gasteiger charge is -2.33. The van der Waals surface area contributed by atoms with Gasteiger partial charge in [0, 0.05) is 25.4 Å². The van der Waals surface area contributed by atoms with Crippen LogP contribution >= 0.6 is 0 Å². The first kappa shape index (κ1) is 12.2. The Morgan fingerprint density at radius 2 is 2.12 bits per heavy atom. The van der Waals surface area contributed by atoms with E-state index in [4.69, 9.17) is 10.5 Å². The van der Waals surface area contributed by atoms with E-state index in [0.29, 0.717) is 6.10 Å². The van der Waals surface area contributed by atoms with Crippen LogP contribution in [-0.4, -0.2) is 30.8 Å². The molecule has 0 atom stereocenters. The van der Waals surface area contributed by atoms with E-state index >= 15 is 0 Å². The predicted molar refractivity (Wildman–Crippen MR) is 70.2 cm³/mol. The van der Waals surface area contributed by atoms with E-state index in [1.807, 2.05) is 26.0 Å². The molecule has 1 aliphatic rings. The molecule has 0 amide bonds. The predicted octanol–water partition coefficient (Wildman–Crippen LogP) is 1.98. The third kappa shape index (κ3) is 2.88. The molecular weight excluding hydrogens is 214 g/mol. The Balaban J connectivity index is 2.02. The molecule has 1 aromatic heterocycles. The molecule has 0 radical (unpaired) electrons. The molecule has 4 heteroatoms. The van der Waals surface area contributed by atoms with Gasteiger partial charge in [-0.05, 0) is 38.8 Å². The van der Waals surface area contributed by atoms with Crippen LogP contribution in [0.1, 0.15) is 25.5 Å². The Morgan fingerprint density at radius 3 is 2.76 bits per heavy atom. The zero-order chi connectivity index (χ0) is 12.3. The van der Waals surface area contributed by atoms with Crippen molar-refractivity contribution in [3.63, 3.8) is 0 Å². The van der Waals surface area contributed by atoms with Gasteiger partial charge in [-0.3, -0.25) is 0 Å². The maximum absolute atomic E-state index is 5.98. The smallest absolute Gasteiger partial charge is 0.152 e. The van der Waals surface area contributed by atoms with Crippen molar-refractivity contribution in [3.05, 3.63) is 17.8 Å². The van der Waals surface area contributed by atoms with Gasteiger partial charge < -0.3 is 15.4 Å². The maximum atomic E-state index is 5.98. The Morgan fingerprint density at radius 1 is 1.41 bits per heavy atom. The van der Waals surface area contributed by atoms with Crippen molar-refractivity contribution >= 4 is 11.5 Å². The van der Waals surface area contributed by atoms with Crippen molar-refractivity contribution in [1.29, 1.82) is 0 Å². The summed E-state index contributed by atoms with van der Waals surface area (Å²) >= 11 is 0. The molecule has 4 nitrogen and oxygen atoms in total. The van der Waals surface area contributed by atoms with Gasteiger partial charge in [0.2, 0.25) is 0 Å². The molecule has 2 N–H and O–H groups in total. The van der Waals surface area contributed by atoms with Gasteiger partial charge in [-0.2, -0.15) is 0 Å². The zero-order valence-corrected chi connectivity index (χ0v) is 10.6. The quantitative estimate of drug-likeness (QED) is 0.870. The van der Waals surface area contributed by atoms with Gasteiger partial charge in [0.25, 0.3) is 0 Å². The average molecular weight is 235 g/mol. The van der Waals surface area contributed by atoms with Crippen LogP contribution < -0.4 is 10.6 Å². The minimum absolute atomic E-state index is 0.405. The van der Waals surface area contributed by atoms with E-state index in [1.54, 1.807) is 0 Å². The monoisotopic (exact) mass is 235 g/mol. The van der Waals surface area contributed by atoms with Crippen LogP contribution in [0.15, 0.2) is 12.1 Å². The lowest BCUT2D eigenvalue weighted by molar-refractivity contribution is 0.0458. The molecule has 0 aliphatic carbocycles. The largest absolute Gasteiger partial charge is 0.396 e. The summed E-state index contributed by atoms with van der Waals surface area (Å²) < 4.78 is 5.64. The highest BCUT2D eigenvalue weighted by Crippen LogP contribution is 2.25. The van der Waals surface area contributed by atoms with Gasteiger partial charge in [-0.1, -0.05) is 0 Å². The topological polar surface area (TPSA) is 51.4 Å². The maximum Gasteiger partial charge on any atom is 0.152 e. The van der Waals surface area contributed by atoms with Crippen LogP contribution in [0.25, 0.3) is 0 Å². The number of anilines is 2. The third-order valence-corrected chi connectivity index (χ3v) is 3.19. The number of hydrogen-bond acceptors (Lipinski definition) is 4. The van der Waals surface area contributed by atoms with E-state index in [2.05, 4.69) is 9.88 Å². The van der Waals surface area contributed by atoms with Gasteiger partial charge in [0.1, 0.15) is 0 Å². The molecule has 1 saturated heterocycles. The number of aryl methyl sites for hydroxylation is 1. The molecule has 2 heterocycles. The number of rotatable bonds is 3. The number of ether oxygens (including phenoxy) is 1. The Bertz CT molecular complexity index is 373. The van der Waals surface area contributed by atoms with Crippen molar-refractivity contribution in [3.8, 4) is 0 Å². The first-order valence-corrected chi connectivity index (χ1v) is 6.30. The summed E-state index contributed by atoms with van der Waals surface area (Å²) in [5.41, 5.74) is 7.76. The molecule has 0 saturated carbocycles. The minimum atomic E-state index is 0.405. The Labute approximate surface area is 103 Å². The summed E-state index contributed by atoms with van der Waals surface area (Å²) in [4.78, 5) is 6.79. The molecule has 2 rings (SSSR count). The number of nitrogen functional groups attached to an aromatic ring is 1. The molecule has 0 bridgehead atoms. The molecule has 94 valence electrons. The second kappa shape index (κ2) is 5.36. The van der Waals surface area contributed by atoms with Crippen LogP contribution in [0.5, 0.6) is 0 Å². The van der Waals surface area contributed by atoms with Crippen molar-refractivity contribution in [2.45, 2.75) is 32.8 Å². The number of pyridine rings is 1. The highest BCUT2D eigenvalue weighted by Gasteiger charge is 2.21. The fourth-order valence-electron chi connectivity index (χ4n) is 2.28. The van der Waals surface area contributed by atoms with E-state index < -0.39 is 0 Å². The molecule has 1 aliphatic heterocycles.